The summed E-state index contributed by atoms with van der Waals surface area (Å²) in [7, 11) is 0. The van der Waals surface area contributed by atoms with Crippen LogP contribution in [0.5, 0.6) is 0 Å². The summed E-state index contributed by atoms with van der Waals surface area (Å²) in [4.78, 5) is 0. The second kappa shape index (κ2) is 4.99. The van der Waals surface area contributed by atoms with Crippen LogP contribution in [-0.2, 0) is 4.43 Å². The van der Waals surface area contributed by atoms with Gasteiger partial charge in [0.25, 0.3) is 0 Å². The molecule has 0 aromatic heterocycles. The third kappa shape index (κ3) is 2.52. The van der Waals surface area contributed by atoms with Crippen LogP contribution in [0.25, 0.3) is 11.1 Å². The monoisotopic (exact) mass is 328 g/mol. The van der Waals surface area contributed by atoms with E-state index < -0.39 is 0 Å². The molecule has 0 heterocycles. The lowest BCUT2D eigenvalue weighted by Gasteiger charge is -2.05. The number of hydrogen-bond acceptors (Lipinski definition) is 0. The first kappa shape index (κ1) is 11.0. The zero-order valence-electron chi connectivity index (χ0n) is 8.08. The molecule has 0 saturated heterocycles. The Hall–Kier alpha value is -0.540. The van der Waals surface area contributed by atoms with Gasteiger partial charge in [-0.05, 0) is 17.2 Å². The number of hydrogen-bond donors (Lipinski definition) is 0. The van der Waals surface area contributed by atoms with Crippen molar-refractivity contribution in [3.05, 3.63) is 59.1 Å². The van der Waals surface area contributed by atoms with Gasteiger partial charge in [0.2, 0.25) is 0 Å². The van der Waals surface area contributed by atoms with Crippen molar-refractivity contribution in [1.82, 2.24) is 0 Å². The summed E-state index contributed by atoms with van der Waals surface area (Å²) >= 11 is 8.58. The van der Waals surface area contributed by atoms with Crippen molar-refractivity contribution in [1.29, 1.82) is 0 Å². The maximum Gasteiger partial charge on any atom is 0.0487 e. The van der Waals surface area contributed by atoms with Crippen LogP contribution in [0.15, 0.2) is 48.5 Å². The maximum absolute atomic E-state index is 6.24. The third-order valence-electron chi connectivity index (χ3n) is 2.27. The molecular formula is C13H10ClI. The number of rotatable bonds is 2. The van der Waals surface area contributed by atoms with Gasteiger partial charge in [-0.3, -0.25) is 0 Å². The van der Waals surface area contributed by atoms with Crippen molar-refractivity contribution in [2.75, 3.05) is 0 Å². The smallest absolute Gasteiger partial charge is 0.0487 e. The van der Waals surface area contributed by atoms with Gasteiger partial charge in [0, 0.05) is 15.0 Å². The van der Waals surface area contributed by atoms with Gasteiger partial charge < -0.3 is 0 Å². The Labute approximate surface area is 108 Å². The highest BCUT2D eigenvalue weighted by Gasteiger charge is 2.03. The highest BCUT2D eigenvalue weighted by atomic mass is 127. The Kier molecular flexibility index (Phi) is 3.65. The summed E-state index contributed by atoms with van der Waals surface area (Å²) < 4.78 is 0.993. The maximum atomic E-state index is 6.24. The predicted octanol–water partition coefficient (Wildman–Crippen LogP) is 4.94. The molecule has 0 atom stereocenters. The molecule has 2 rings (SSSR count). The molecule has 0 aliphatic heterocycles. The Morgan fingerprint density at radius 1 is 1.00 bits per heavy atom. The normalized spacial score (nSPS) is 10.3. The van der Waals surface area contributed by atoms with Crippen LogP contribution in [0.1, 0.15) is 5.56 Å². The van der Waals surface area contributed by atoms with Gasteiger partial charge in [0.1, 0.15) is 0 Å². The van der Waals surface area contributed by atoms with E-state index in [1.165, 1.54) is 11.1 Å². The van der Waals surface area contributed by atoms with E-state index in [2.05, 4.69) is 46.9 Å². The second-order valence-corrected chi connectivity index (χ2v) is 4.48. The Morgan fingerprint density at radius 3 is 2.33 bits per heavy atom. The molecule has 2 aromatic rings. The van der Waals surface area contributed by atoms with Crippen LogP contribution in [-0.4, -0.2) is 0 Å². The van der Waals surface area contributed by atoms with E-state index in [0.29, 0.717) is 0 Å². The van der Waals surface area contributed by atoms with E-state index in [4.69, 9.17) is 11.6 Å². The van der Waals surface area contributed by atoms with Crippen molar-refractivity contribution in [3.8, 4) is 11.1 Å². The fraction of sp³-hybridized carbons (Fsp3) is 0.0769. The molecule has 15 heavy (non-hydrogen) atoms. The number of alkyl halides is 1. The lowest BCUT2D eigenvalue weighted by Crippen LogP contribution is -1.82. The summed E-state index contributed by atoms with van der Waals surface area (Å²) in [6, 6.07) is 16.5. The van der Waals surface area contributed by atoms with Crippen molar-refractivity contribution >= 4 is 34.2 Å². The first-order valence-electron chi connectivity index (χ1n) is 4.71. The van der Waals surface area contributed by atoms with Crippen LogP contribution in [0.2, 0.25) is 5.02 Å². The fourth-order valence-electron chi connectivity index (χ4n) is 1.49. The van der Waals surface area contributed by atoms with Crippen molar-refractivity contribution in [3.63, 3.8) is 0 Å². The summed E-state index contributed by atoms with van der Waals surface area (Å²) in [5, 5.41) is 0.829. The average Bonchev–Trinajstić information content (AvgIpc) is 2.30. The Balaban J connectivity index is 2.46. The molecule has 0 aliphatic rings. The highest BCUT2D eigenvalue weighted by Crippen LogP contribution is 2.28. The van der Waals surface area contributed by atoms with E-state index in [1.54, 1.807) is 0 Å². The van der Waals surface area contributed by atoms with E-state index in [9.17, 15) is 0 Å². The first-order valence-corrected chi connectivity index (χ1v) is 6.61. The van der Waals surface area contributed by atoms with Crippen LogP contribution >= 0.6 is 34.2 Å². The van der Waals surface area contributed by atoms with Crippen molar-refractivity contribution < 1.29 is 0 Å². The predicted molar refractivity (Wildman–Crippen MR) is 74.6 cm³/mol. The topological polar surface area (TPSA) is 0 Å². The molecule has 0 saturated carbocycles. The SMILES string of the molecule is Clc1cc(CI)ccc1-c1ccccc1. The van der Waals surface area contributed by atoms with Crippen molar-refractivity contribution in [2.24, 2.45) is 0 Å². The van der Waals surface area contributed by atoms with Gasteiger partial charge >= 0.3 is 0 Å². The van der Waals surface area contributed by atoms with Crippen molar-refractivity contribution in [2.45, 2.75) is 4.43 Å². The standard InChI is InChI=1S/C13H10ClI/c14-13-8-10(9-15)6-7-12(13)11-4-2-1-3-5-11/h1-8H,9H2. The molecule has 0 fully saturated rings. The van der Waals surface area contributed by atoms with E-state index in [0.717, 1.165) is 15.0 Å². The molecule has 0 spiro atoms. The molecule has 2 aromatic carbocycles. The largest absolute Gasteiger partial charge is 0.0837 e. The lowest BCUT2D eigenvalue weighted by molar-refractivity contribution is 1.45. The molecule has 0 nitrogen and oxygen atoms in total. The number of benzene rings is 2. The van der Waals surface area contributed by atoms with Gasteiger partial charge in [-0.15, -0.1) is 0 Å². The molecule has 0 unspecified atom stereocenters. The van der Waals surface area contributed by atoms with Crippen LogP contribution in [0.3, 0.4) is 0 Å². The minimum atomic E-state index is 0.829. The summed E-state index contributed by atoms with van der Waals surface area (Å²) in [5.41, 5.74) is 3.54. The quantitative estimate of drug-likeness (QED) is 0.541. The van der Waals surface area contributed by atoms with Crippen LogP contribution in [0, 0.1) is 0 Å². The molecule has 0 N–H and O–H groups in total. The number of halogens is 2. The first-order chi connectivity index (χ1) is 7.31. The Morgan fingerprint density at radius 2 is 1.73 bits per heavy atom. The van der Waals surface area contributed by atoms with E-state index >= 15 is 0 Å². The minimum absolute atomic E-state index is 0.829. The summed E-state index contributed by atoms with van der Waals surface area (Å²) in [5.74, 6) is 0. The molecule has 76 valence electrons. The minimum Gasteiger partial charge on any atom is -0.0837 e. The lowest BCUT2D eigenvalue weighted by atomic mass is 10.0. The average molecular weight is 329 g/mol. The van der Waals surface area contributed by atoms with E-state index in [-0.39, 0.29) is 0 Å². The third-order valence-corrected chi connectivity index (χ3v) is 3.47. The zero-order chi connectivity index (χ0) is 10.7. The molecule has 0 aliphatic carbocycles. The molecule has 0 radical (unpaired) electrons. The van der Waals surface area contributed by atoms with Crippen LogP contribution < -0.4 is 0 Å². The molecular weight excluding hydrogens is 319 g/mol. The van der Waals surface area contributed by atoms with Gasteiger partial charge in [0.15, 0.2) is 0 Å². The van der Waals surface area contributed by atoms with Gasteiger partial charge in [-0.25, -0.2) is 0 Å². The molecule has 2 heteroatoms. The summed E-state index contributed by atoms with van der Waals surface area (Å²) in [6.45, 7) is 0. The van der Waals surface area contributed by atoms with Gasteiger partial charge in [-0.2, -0.15) is 0 Å². The van der Waals surface area contributed by atoms with Gasteiger partial charge in [-0.1, -0.05) is 76.7 Å². The summed E-state index contributed by atoms with van der Waals surface area (Å²) in [6.07, 6.45) is 0. The van der Waals surface area contributed by atoms with E-state index in [1.807, 2.05) is 24.3 Å². The fourth-order valence-corrected chi connectivity index (χ4v) is 2.28. The molecule has 0 amide bonds. The second-order valence-electron chi connectivity index (χ2n) is 3.31. The zero-order valence-corrected chi connectivity index (χ0v) is 11.0. The Bertz CT molecular complexity index is 451. The molecule has 0 bridgehead atoms. The van der Waals surface area contributed by atoms with Gasteiger partial charge in [0.05, 0.1) is 0 Å². The highest BCUT2D eigenvalue weighted by molar-refractivity contribution is 14.1. The van der Waals surface area contributed by atoms with Crippen LogP contribution in [0.4, 0.5) is 0 Å².